The molecular formula is C14H12BrFN2O. The molecule has 0 amide bonds. The van der Waals surface area contributed by atoms with Crippen molar-refractivity contribution in [2.75, 3.05) is 0 Å². The molecule has 19 heavy (non-hydrogen) atoms. The van der Waals surface area contributed by atoms with Crippen LogP contribution in [-0.2, 0) is 6.61 Å². The van der Waals surface area contributed by atoms with Crippen molar-refractivity contribution >= 4 is 21.8 Å². The smallest absolute Gasteiger partial charge is 0.137 e. The van der Waals surface area contributed by atoms with Crippen LogP contribution in [-0.4, -0.2) is 5.84 Å². The SMILES string of the molecule is N=C(N)c1c(F)cccc1OCc1ccccc1Br. The molecule has 0 radical (unpaired) electrons. The van der Waals surface area contributed by atoms with Gasteiger partial charge in [-0.3, -0.25) is 5.41 Å². The first-order chi connectivity index (χ1) is 9.09. The van der Waals surface area contributed by atoms with Crippen LogP contribution in [0.2, 0.25) is 0 Å². The van der Waals surface area contributed by atoms with E-state index in [4.69, 9.17) is 15.9 Å². The Morgan fingerprint density at radius 1 is 1.21 bits per heavy atom. The monoisotopic (exact) mass is 322 g/mol. The van der Waals surface area contributed by atoms with Gasteiger partial charge in [-0.25, -0.2) is 4.39 Å². The Labute approximate surface area is 118 Å². The minimum absolute atomic E-state index is 0.00504. The molecule has 5 heteroatoms. The summed E-state index contributed by atoms with van der Waals surface area (Å²) in [6.45, 7) is 0.269. The van der Waals surface area contributed by atoms with E-state index in [9.17, 15) is 4.39 Å². The van der Waals surface area contributed by atoms with Gasteiger partial charge in [0.15, 0.2) is 0 Å². The summed E-state index contributed by atoms with van der Waals surface area (Å²) in [4.78, 5) is 0. The molecule has 0 aliphatic heterocycles. The van der Waals surface area contributed by atoms with E-state index in [0.29, 0.717) is 0 Å². The average molecular weight is 323 g/mol. The Morgan fingerprint density at radius 3 is 2.63 bits per heavy atom. The summed E-state index contributed by atoms with van der Waals surface area (Å²) in [7, 11) is 0. The number of amidine groups is 1. The van der Waals surface area contributed by atoms with Crippen LogP contribution >= 0.6 is 15.9 Å². The highest BCUT2D eigenvalue weighted by atomic mass is 79.9. The Hall–Kier alpha value is -1.88. The largest absolute Gasteiger partial charge is 0.488 e. The van der Waals surface area contributed by atoms with E-state index in [-0.39, 0.29) is 23.8 Å². The minimum Gasteiger partial charge on any atom is -0.488 e. The van der Waals surface area contributed by atoms with Crippen LogP contribution in [0.4, 0.5) is 4.39 Å². The summed E-state index contributed by atoms with van der Waals surface area (Å²) in [6.07, 6.45) is 0. The lowest BCUT2D eigenvalue weighted by Gasteiger charge is -2.12. The Bertz CT molecular complexity index is 616. The first kappa shape index (κ1) is 13.5. The van der Waals surface area contributed by atoms with Gasteiger partial charge in [0, 0.05) is 10.0 Å². The zero-order chi connectivity index (χ0) is 13.8. The van der Waals surface area contributed by atoms with Gasteiger partial charge in [0.1, 0.15) is 24.0 Å². The Morgan fingerprint density at radius 2 is 1.95 bits per heavy atom. The first-order valence-corrected chi connectivity index (χ1v) is 6.38. The minimum atomic E-state index is -0.558. The van der Waals surface area contributed by atoms with Gasteiger partial charge in [-0.2, -0.15) is 0 Å². The standard InChI is InChI=1S/C14H12BrFN2O/c15-10-5-2-1-4-9(10)8-19-12-7-3-6-11(16)13(12)14(17)18/h1-7H,8H2,(H3,17,18). The molecular weight excluding hydrogens is 311 g/mol. The van der Waals surface area contributed by atoms with Crippen molar-refractivity contribution in [1.82, 2.24) is 0 Å². The molecule has 0 fully saturated rings. The third-order valence-electron chi connectivity index (χ3n) is 2.59. The lowest BCUT2D eigenvalue weighted by atomic mass is 10.1. The zero-order valence-electron chi connectivity index (χ0n) is 9.99. The molecule has 0 bridgehead atoms. The molecule has 0 saturated carbocycles. The molecule has 0 aliphatic rings. The topological polar surface area (TPSA) is 59.1 Å². The van der Waals surface area contributed by atoms with Gasteiger partial charge in [0.05, 0.1) is 5.56 Å². The van der Waals surface area contributed by atoms with Crippen LogP contribution in [0.1, 0.15) is 11.1 Å². The van der Waals surface area contributed by atoms with E-state index >= 15 is 0 Å². The van der Waals surface area contributed by atoms with Crippen LogP contribution in [0, 0.1) is 11.2 Å². The molecule has 0 spiro atoms. The van der Waals surface area contributed by atoms with Crippen molar-refractivity contribution in [3.05, 3.63) is 63.9 Å². The van der Waals surface area contributed by atoms with Crippen LogP contribution < -0.4 is 10.5 Å². The summed E-state index contributed by atoms with van der Waals surface area (Å²) >= 11 is 3.41. The lowest BCUT2D eigenvalue weighted by Crippen LogP contribution is -2.15. The Kier molecular flexibility index (Phi) is 4.16. The van der Waals surface area contributed by atoms with Crippen LogP contribution in [0.25, 0.3) is 0 Å². The number of rotatable bonds is 4. The molecule has 98 valence electrons. The number of nitrogens with one attached hydrogen (secondary N) is 1. The van der Waals surface area contributed by atoms with E-state index in [1.807, 2.05) is 24.3 Å². The molecule has 0 saturated heterocycles. The molecule has 0 unspecified atom stereocenters. The summed E-state index contributed by atoms with van der Waals surface area (Å²) in [5.41, 5.74) is 6.29. The molecule has 0 aliphatic carbocycles. The molecule has 0 heterocycles. The van der Waals surface area contributed by atoms with E-state index in [0.717, 1.165) is 10.0 Å². The first-order valence-electron chi connectivity index (χ1n) is 5.58. The molecule has 2 aromatic carbocycles. The summed E-state index contributed by atoms with van der Waals surface area (Å²) < 4.78 is 20.1. The Balaban J connectivity index is 2.23. The van der Waals surface area contributed by atoms with E-state index < -0.39 is 5.82 Å². The predicted molar refractivity (Wildman–Crippen MR) is 75.9 cm³/mol. The van der Waals surface area contributed by atoms with Crippen LogP contribution in [0.15, 0.2) is 46.9 Å². The van der Waals surface area contributed by atoms with Crippen molar-refractivity contribution in [2.24, 2.45) is 5.73 Å². The maximum atomic E-state index is 13.6. The zero-order valence-corrected chi connectivity index (χ0v) is 11.6. The van der Waals surface area contributed by atoms with Gasteiger partial charge in [0.2, 0.25) is 0 Å². The fourth-order valence-electron chi connectivity index (χ4n) is 1.66. The number of nitrogen functional groups attached to an aromatic ring is 1. The number of halogens is 2. The molecule has 3 nitrogen and oxygen atoms in total. The maximum Gasteiger partial charge on any atom is 0.137 e. The van der Waals surface area contributed by atoms with E-state index in [1.54, 1.807) is 6.07 Å². The number of benzene rings is 2. The van der Waals surface area contributed by atoms with Gasteiger partial charge >= 0.3 is 0 Å². The summed E-state index contributed by atoms with van der Waals surface area (Å²) in [6, 6.07) is 12.0. The molecule has 3 N–H and O–H groups in total. The van der Waals surface area contributed by atoms with Gasteiger partial charge in [-0.05, 0) is 18.2 Å². The van der Waals surface area contributed by atoms with Crippen molar-refractivity contribution in [1.29, 1.82) is 5.41 Å². The van der Waals surface area contributed by atoms with Gasteiger partial charge in [-0.1, -0.05) is 40.2 Å². The van der Waals surface area contributed by atoms with Crippen molar-refractivity contribution in [3.8, 4) is 5.75 Å². The third kappa shape index (κ3) is 3.12. The van der Waals surface area contributed by atoms with E-state index in [1.165, 1.54) is 12.1 Å². The fourth-order valence-corrected chi connectivity index (χ4v) is 2.06. The maximum absolute atomic E-state index is 13.6. The van der Waals surface area contributed by atoms with Gasteiger partial charge in [0.25, 0.3) is 0 Å². The number of hydrogen-bond donors (Lipinski definition) is 2. The molecule has 0 aromatic heterocycles. The second-order valence-corrected chi connectivity index (χ2v) is 4.76. The van der Waals surface area contributed by atoms with Gasteiger partial charge < -0.3 is 10.5 Å². The van der Waals surface area contributed by atoms with Crippen LogP contribution in [0.5, 0.6) is 5.75 Å². The second kappa shape index (κ2) is 5.84. The highest BCUT2D eigenvalue weighted by molar-refractivity contribution is 9.10. The highest BCUT2D eigenvalue weighted by Crippen LogP contribution is 2.23. The summed E-state index contributed by atoms with van der Waals surface area (Å²) in [5.74, 6) is -0.638. The third-order valence-corrected chi connectivity index (χ3v) is 3.36. The molecule has 0 atom stereocenters. The lowest BCUT2D eigenvalue weighted by molar-refractivity contribution is 0.303. The number of nitrogens with two attached hydrogens (primary N) is 1. The second-order valence-electron chi connectivity index (χ2n) is 3.91. The summed E-state index contributed by atoms with van der Waals surface area (Å²) in [5, 5.41) is 7.39. The van der Waals surface area contributed by atoms with E-state index in [2.05, 4.69) is 15.9 Å². The van der Waals surface area contributed by atoms with Crippen molar-refractivity contribution in [3.63, 3.8) is 0 Å². The van der Waals surface area contributed by atoms with Crippen molar-refractivity contribution < 1.29 is 9.13 Å². The molecule has 2 aromatic rings. The highest BCUT2D eigenvalue weighted by Gasteiger charge is 2.12. The van der Waals surface area contributed by atoms with Gasteiger partial charge in [-0.15, -0.1) is 0 Å². The normalized spacial score (nSPS) is 10.2. The fraction of sp³-hybridized carbons (Fsp3) is 0.0714. The number of hydrogen-bond acceptors (Lipinski definition) is 2. The quantitative estimate of drug-likeness (QED) is 0.669. The number of ether oxygens (including phenoxy) is 1. The molecule has 2 rings (SSSR count). The average Bonchev–Trinajstić information content (AvgIpc) is 2.37. The van der Waals surface area contributed by atoms with Crippen molar-refractivity contribution in [2.45, 2.75) is 6.61 Å². The predicted octanol–water partition coefficient (Wildman–Crippen LogP) is 3.45. The van der Waals surface area contributed by atoms with Crippen LogP contribution in [0.3, 0.4) is 0 Å².